The topological polar surface area (TPSA) is 92.5 Å². The van der Waals surface area contributed by atoms with Crippen LogP contribution in [-0.2, 0) is 0 Å². The van der Waals surface area contributed by atoms with E-state index in [1.165, 1.54) is 12.1 Å². The van der Waals surface area contributed by atoms with Gasteiger partial charge in [0.05, 0.1) is 16.0 Å². The maximum atomic E-state index is 13.3. The van der Waals surface area contributed by atoms with Gasteiger partial charge in [-0.25, -0.2) is 9.97 Å². The monoisotopic (exact) mass is 425 g/mol. The molecule has 9 heteroatoms. The molecule has 2 aromatic carbocycles. The fourth-order valence-electron chi connectivity index (χ4n) is 3.53. The van der Waals surface area contributed by atoms with E-state index in [2.05, 4.69) is 26.7 Å². The number of rotatable bonds is 5. The van der Waals surface area contributed by atoms with Gasteiger partial charge in [-0.15, -0.1) is 0 Å². The normalized spacial score (nSPS) is 14.8. The minimum Gasteiger partial charge on any atom is -0.352 e. The maximum absolute atomic E-state index is 13.3. The molecule has 3 aromatic rings. The second-order valence-electron chi connectivity index (χ2n) is 7.08. The van der Waals surface area contributed by atoms with Gasteiger partial charge in [-0.05, 0) is 36.9 Å². The summed E-state index contributed by atoms with van der Waals surface area (Å²) in [6.45, 7) is 6.27. The van der Waals surface area contributed by atoms with Crippen LogP contribution in [0.2, 0.25) is 5.02 Å². The van der Waals surface area contributed by atoms with E-state index in [0.29, 0.717) is 27.4 Å². The quantitative estimate of drug-likeness (QED) is 0.350. The number of benzene rings is 2. The first kappa shape index (κ1) is 20.2. The summed E-state index contributed by atoms with van der Waals surface area (Å²) in [5, 5.41) is 11.7. The van der Waals surface area contributed by atoms with Gasteiger partial charge in [-0.1, -0.05) is 18.5 Å². The van der Waals surface area contributed by atoms with E-state index in [4.69, 9.17) is 11.6 Å². The van der Waals surface area contributed by atoms with Gasteiger partial charge in [0.1, 0.15) is 0 Å². The molecule has 30 heavy (non-hydrogen) atoms. The Bertz CT molecular complexity index is 1110. The number of nitro benzene ring substituents is 1. The van der Waals surface area contributed by atoms with Crippen LogP contribution in [0.3, 0.4) is 0 Å². The Kier molecular flexibility index (Phi) is 5.61. The van der Waals surface area contributed by atoms with E-state index < -0.39 is 4.92 Å². The number of aromatic nitrogens is 2. The van der Waals surface area contributed by atoms with Crippen LogP contribution in [0.1, 0.15) is 23.0 Å². The number of halogens is 1. The molecule has 4 rings (SSSR count). The first-order valence-corrected chi connectivity index (χ1v) is 10.1. The summed E-state index contributed by atoms with van der Waals surface area (Å²) in [5.74, 6) is 0.215. The second kappa shape index (κ2) is 8.33. The number of nitrogens with zero attached hydrogens (tertiary/aromatic N) is 5. The number of carbonyl (C=O) groups is 1. The highest BCUT2D eigenvalue weighted by Gasteiger charge is 2.25. The average molecular weight is 426 g/mol. The molecule has 0 amide bonds. The summed E-state index contributed by atoms with van der Waals surface area (Å²) in [5.41, 5.74) is 1.37. The van der Waals surface area contributed by atoms with Crippen LogP contribution in [0.4, 0.5) is 11.5 Å². The molecule has 1 aromatic heterocycles. The molecule has 0 unspecified atom stereocenters. The van der Waals surface area contributed by atoms with E-state index in [0.717, 1.165) is 32.7 Å². The van der Waals surface area contributed by atoms with Gasteiger partial charge in [-0.2, -0.15) is 0 Å². The molecule has 1 saturated heterocycles. The molecule has 8 nitrogen and oxygen atoms in total. The van der Waals surface area contributed by atoms with Gasteiger partial charge in [0.2, 0.25) is 5.78 Å². The molecule has 2 heterocycles. The zero-order chi connectivity index (χ0) is 21.3. The number of hydrogen-bond donors (Lipinski definition) is 0. The zero-order valence-corrected chi connectivity index (χ0v) is 17.2. The van der Waals surface area contributed by atoms with E-state index in [1.54, 1.807) is 30.3 Å². The molecule has 0 radical (unpaired) electrons. The molecule has 0 bridgehead atoms. The Morgan fingerprint density at radius 3 is 2.40 bits per heavy atom. The lowest BCUT2D eigenvalue weighted by Crippen LogP contribution is -2.47. The van der Waals surface area contributed by atoms with Crippen molar-refractivity contribution in [3.63, 3.8) is 0 Å². The van der Waals surface area contributed by atoms with E-state index in [-0.39, 0.29) is 17.2 Å². The lowest BCUT2D eigenvalue weighted by atomic mass is 10.1. The number of carbonyl (C=O) groups excluding carboxylic acids is 1. The molecule has 0 N–H and O–H groups in total. The third-order valence-corrected chi connectivity index (χ3v) is 5.53. The van der Waals surface area contributed by atoms with Gasteiger partial charge in [0.15, 0.2) is 11.5 Å². The molecule has 154 valence electrons. The predicted octanol–water partition coefficient (Wildman–Crippen LogP) is 3.56. The minimum atomic E-state index is -0.486. The Morgan fingerprint density at radius 2 is 1.77 bits per heavy atom. The summed E-state index contributed by atoms with van der Waals surface area (Å²) >= 11 is 5.95. The van der Waals surface area contributed by atoms with Crippen LogP contribution < -0.4 is 4.90 Å². The number of piperazine rings is 1. The highest BCUT2D eigenvalue weighted by Crippen LogP contribution is 2.27. The third kappa shape index (κ3) is 3.96. The first-order valence-electron chi connectivity index (χ1n) is 9.70. The average Bonchev–Trinajstić information content (AvgIpc) is 2.78. The summed E-state index contributed by atoms with van der Waals surface area (Å²) < 4.78 is 0. The summed E-state index contributed by atoms with van der Waals surface area (Å²) in [6.07, 6.45) is 0. The van der Waals surface area contributed by atoms with Crippen LogP contribution in [0.15, 0.2) is 42.5 Å². The summed E-state index contributed by atoms with van der Waals surface area (Å²) in [7, 11) is 0. The number of fused-ring (bicyclic) bond motifs is 1. The van der Waals surface area contributed by atoms with Gasteiger partial charge < -0.3 is 9.80 Å². The fraction of sp³-hybridized carbons (Fsp3) is 0.286. The highest BCUT2D eigenvalue weighted by molar-refractivity contribution is 6.30. The van der Waals surface area contributed by atoms with Gasteiger partial charge in [0.25, 0.3) is 5.69 Å². The molecule has 0 spiro atoms. The number of anilines is 1. The van der Waals surface area contributed by atoms with Crippen molar-refractivity contribution < 1.29 is 9.72 Å². The number of hydrogen-bond acceptors (Lipinski definition) is 7. The van der Waals surface area contributed by atoms with Crippen LogP contribution in [0.5, 0.6) is 0 Å². The van der Waals surface area contributed by atoms with Crippen LogP contribution >= 0.6 is 11.6 Å². The number of nitro groups is 1. The first-order chi connectivity index (χ1) is 14.5. The van der Waals surface area contributed by atoms with Crippen molar-refractivity contribution in [2.24, 2.45) is 0 Å². The Labute approximate surface area is 178 Å². The van der Waals surface area contributed by atoms with Crippen LogP contribution in [0, 0.1) is 10.1 Å². The molecular formula is C21H20ClN5O3. The van der Waals surface area contributed by atoms with Crippen LogP contribution in [-0.4, -0.2) is 58.3 Å². The van der Waals surface area contributed by atoms with E-state index >= 15 is 0 Å². The Balaban J connectivity index is 1.82. The predicted molar refractivity (Wildman–Crippen MR) is 115 cm³/mol. The molecule has 1 fully saturated rings. The Morgan fingerprint density at radius 1 is 1.07 bits per heavy atom. The molecule has 0 atom stereocenters. The van der Waals surface area contributed by atoms with Crippen molar-refractivity contribution in [1.29, 1.82) is 0 Å². The highest BCUT2D eigenvalue weighted by atomic mass is 35.5. The van der Waals surface area contributed by atoms with Crippen molar-refractivity contribution in [2.45, 2.75) is 6.92 Å². The van der Waals surface area contributed by atoms with Crippen LogP contribution in [0.25, 0.3) is 11.0 Å². The molecule has 0 saturated carbocycles. The summed E-state index contributed by atoms with van der Waals surface area (Å²) in [6, 6.07) is 10.9. The second-order valence-corrected chi connectivity index (χ2v) is 7.52. The number of ketones is 1. The SMILES string of the molecule is CCN1CCN(c2nc3ccc([N+](=O)[O-])cc3nc2C(=O)c2ccc(Cl)cc2)CC1. The van der Waals surface area contributed by atoms with Crippen molar-refractivity contribution in [3.8, 4) is 0 Å². The van der Waals surface area contributed by atoms with E-state index in [1.807, 2.05) is 0 Å². The molecule has 0 aliphatic carbocycles. The largest absolute Gasteiger partial charge is 0.352 e. The lowest BCUT2D eigenvalue weighted by Gasteiger charge is -2.35. The molecule has 1 aliphatic heterocycles. The Hall–Kier alpha value is -3.10. The lowest BCUT2D eigenvalue weighted by molar-refractivity contribution is -0.384. The van der Waals surface area contributed by atoms with Gasteiger partial charge in [-0.3, -0.25) is 14.9 Å². The third-order valence-electron chi connectivity index (χ3n) is 5.28. The van der Waals surface area contributed by atoms with E-state index in [9.17, 15) is 14.9 Å². The smallest absolute Gasteiger partial charge is 0.271 e. The maximum Gasteiger partial charge on any atom is 0.271 e. The minimum absolute atomic E-state index is 0.0917. The summed E-state index contributed by atoms with van der Waals surface area (Å²) in [4.78, 5) is 37.6. The number of likely N-dealkylation sites (N-methyl/N-ethyl adjacent to an activating group) is 1. The standard InChI is InChI=1S/C21H20ClN5O3/c1-2-25-9-11-26(12-10-25)21-19(20(28)14-3-5-15(22)6-4-14)23-18-13-16(27(29)30)7-8-17(18)24-21/h3-8,13H,2,9-12H2,1H3. The van der Waals surface area contributed by atoms with Crippen molar-refractivity contribution >= 4 is 39.9 Å². The van der Waals surface area contributed by atoms with Gasteiger partial charge >= 0.3 is 0 Å². The fourth-order valence-corrected chi connectivity index (χ4v) is 3.66. The number of non-ortho nitro benzene ring substituents is 1. The van der Waals surface area contributed by atoms with Crippen molar-refractivity contribution in [3.05, 3.63) is 68.9 Å². The molecule has 1 aliphatic rings. The van der Waals surface area contributed by atoms with Crippen molar-refractivity contribution in [1.82, 2.24) is 14.9 Å². The van der Waals surface area contributed by atoms with Crippen molar-refractivity contribution in [2.75, 3.05) is 37.6 Å². The zero-order valence-electron chi connectivity index (χ0n) is 16.4. The molecular weight excluding hydrogens is 406 g/mol. The van der Waals surface area contributed by atoms with Gasteiger partial charge in [0, 0.05) is 48.9 Å².